The Hall–Kier alpha value is -3.99. The fourth-order valence-corrected chi connectivity index (χ4v) is 3.41. The van der Waals surface area contributed by atoms with E-state index >= 15 is 0 Å². The van der Waals surface area contributed by atoms with E-state index in [1.54, 1.807) is 24.4 Å². The number of rotatable bonds is 7. The van der Waals surface area contributed by atoms with Crippen LogP contribution in [-0.2, 0) is 17.8 Å². The van der Waals surface area contributed by atoms with Gasteiger partial charge in [-0.05, 0) is 35.4 Å². The molecule has 4 aromatic rings. The second-order valence-corrected chi connectivity index (χ2v) is 7.53. The maximum absolute atomic E-state index is 14.0. The third-order valence-corrected chi connectivity index (χ3v) is 5.14. The number of carbonyl (C=O) groups is 1. The van der Waals surface area contributed by atoms with Crippen LogP contribution in [0.2, 0.25) is 0 Å². The van der Waals surface area contributed by atoms with Crippen LogP contribution in [0.1, 0.15) is 22.3 Å². The summed E-state index contributed by atoms with van der Waals surface area (Å²) >= 11 is 0. The van der Waals surface area contributed by atoms with Crippen molar-refractivity contribution in [2.45, 2.75) is 20.0 Å². The lowest BCUT2D eigenvalue weighted by atomic mass is 10.0. The molecule has 4 aromatic carbocycles. The first-order valence-corrected chi connectivity index (χ1v) is 10.4. The van der Waals surface area contributed by atoms with Crippen molar-refractivity contribution in [2.75, 3.05) is 0 Å². The Labute approximate surface area is 186 Å². The van der Waals surface area contributed by atoms with E-state index in [0.717, 1.165) is 27.5 Å². The molecule has 0 spiro atoms. The minimum Gasteiger partial charge on any atom is -0.488 e. The second kappa shape index (κ2) is 9.88. The van der Waals surface area contributed by atoms with Gasteiger partial charge in [-0.2, -0.15) is 5.10 Å². The maximum Gasteiger partial charge on any atom is 0.244 e. The van der Waals surface area contributed by atoms with E-state index < -0.39 is 0 Å². The molecule has 0 bridgehead atoms. The van der Waals surface area contributed by atoms with Crippen LogP contribution in [-0.4, -0.2) is 12.1 Å². The SMILES string of the molecule is Cc1ccc(CC(=O)N/N=C\c2c(OCc3ccccc3F)ccc3ccccc23)cc1. The average molecular weight is 426 g/mol. The molecular formula is C27H23FN2O2. The van der Waals surface area contributed by atoms with Gasteiger partial charge in [0.2, 0.25) is 5.91 Å². The highest BCUT2D eigenvalue weighted by molar-refractivity contribution is 6.02. The molecule has 160 valence electrons. The van der Waals surface area contributed by atoms with Crippen LogP contribution >= 0.6 is 0 Å². The number of aryl methyl sites for hydroxylation is 1. The van der Waals surface area contributed by atoms with Crippen LogP contribution in [0, 0.1) is 12.7 Å². The van der Waals surface area contributed by atoms with Crippen LogP contribution in [0.4, 0.5) is 4.39 Å². The third kappa shape index (κ3) is 5.19. The Morgan fingerprint density at radius 1 is 0.969 bits per heavy atom. The number of amides is 1. The molecule has 4 rings (SSSR count). The van der Waals surface area contributed by atoms with E-state index in [4.69, 9.17) is 4.74 Å². The lowest BCUT2D eigenvalue weighted by Crippen LogP contribution is -2.19. The highest BCUT2D eigenvalue weighted by Crippen LogP contribution is 2.27. The summed E-state index contributed by atoms with van der Waals surface area (Å²) in [5, 5.41) is 6.10. The van der Waals surface area contributed by atoms with E-state index in [0.29, 0.717) is 11.3 Å². The molecule has 0 radical (unpaired) electrons. The molecular weight excluding hydrogens is 403 g/mol. The fraction of sp³-hybridized carbons (Fsp3) is 0.111. The summed E-state index contributed by atoms with van der Waals surface area (Å²) in [4.78, 5) is 12.3. The van der Waals surface area contributed by atoms with Gasteiger partial charge in [0.15, 0.2) is 0 Å². The van der Waals surface area contributed by atoms with Crippen molar-refractivity contribution < 1.29 is 13.9 Å². The van der Waals surface area contributed by atoms with Crippen LogP contribution in [0.25, 0.3) is 10.8 Å². The van der Waals surface area contributed by atoms with Crippen molar-refractivity contribution in [3.63, 3.8) is 0 Å². The minimum atomic E-state index is -0.313. The highest BCUT2D eigenvalue weighted by atomic mass is 19.1. The first-order valence-electron chi connectivity index (χ1n) is 10.4. The molecule has 0 aromatic heterocycles. The summed E-state index contributed by atoms with van der Waals surface area (Å²) < 4.78 is 19.9. The number of fused-ring (bicyclic) bond motifs is 1. The van der Waals surface area contributed by atoms with Crippen molar-refractivity contribution in [3.8, 4) is 5.75 Å². The smallest absolute Gasteiger partial charge is 0.244 e. The van der Waals surface area contributed by atoms with Crippen molar-refractivity contribution in [2.24, 2.45) is 5.10 Å². The number of nitrogens with zero attached hydrogens (tertiary/aromatic N) is 1. The van der Waals surface area contributed by atoms with Gasteiger partial charge in [-0.15, -0.1) is 0 Å². The average Bonchev–Trinajstić information content (AvgIpc) is 2.81. The molecule has 1 amide bonds. The summed E-state index contributed by atoms with van der Waals surface area (Å²) in [6.07, 6.45) is 1.82. The molecule has 0 aliphatic carbocycles. The Morgan fingerprint density at radius 2 is 1.72 bits per heavy atom. The number of carbonyl (C=O) groups excluding carboxylic acids is 1. The molecule has 1 N–H and O–H groups in total. The van der Waals surface area contributed by atoms with Gasteiger partial charge in [-0.25, -0.2) is 9.82 Å². The first kappa shape index (κ1) is 21.2. The Kier molecular flexibility index (Phi) is 6.56. The molecule has 0 fully saturated rings. The van der Waals surface area contributed by atoms with Crippen molar-refractivity contribution in [3.05, 3.63) is 113 Å². The largest absolute Gasteiger partial charge is 0.488 e. The van der Waals surface area contributed by atoms with Gasteiger partial charge >= 0.3 is 0 Å². The molecule has 0 aliphatic heterocycles. The zero-order chi connectivity index (χ0) is 22.3. The predicted molar refractivity (Wildman–Crippen MR) is 125 cm³/mol. The van der Waals surface area contributed by atoms with Gasteiger partial charge in [0.25, 0.3) is 0 Å². The van der Waals surface area contributed by atoms with Crippen molar-refractivity contribution in [1.82, 2.24) is 5.43 Å². The summed E-state index contributed by atoms with van der Waals surface area (Å²) in [7, 11) is 0. The third-order valence-electron chi connectivity index (χ3n) is 5.14. The lowest BCUT2D eigenvalue weighted by molar-refractivity contribution is -0.120. The molecule has 0 atom stereocenters. The van der Waals surface area contributed by atoms with E-state index in [9.17, 15) is 9.18 Å². The predicted octanol–water partition coefficient (Wildman–Crippen LogP) is 5.56. The molecule has 5 heteroatoms. The number of halogens is 1. The van der Waals surface area contributed by atoms with E-state index in [2.05, 4.69) is 10.5 Å². The van der Waals surface area contributed by atoms with Gasteiger partial charge in [0.05, 0.1) is 12.6 Å². The van der Waals surface area contributed by atoms with Gasteiger partial charge in [-0.1, -0.05) is 78.4 Å². The second-order valence-electron chi connectivity index (χ2n) is 7.53. The molecule has 0 saturated heterocycles. The molecule has 32 heavy (non-hydrogen) atoms. The fourth-order valence-electron chi connectivity index (χ4n) is 3.41. The van der Waals surface area contributed by atoms with E-state index in [1.165, 1.54) is 6.07 Å². The Morgan fingerprint density at radius 3 is 2.53 bits per heavy atom. The number of ether oxygens (including phenoxy) is 1. The zero-order valence-electron chi connectivity index (χ0n) is 17.7. The quantitative estimate of drug-likeness (QED) is 0.311. The minimum absolute atomic E-state index is 0.0889. The molecule has 0 aliphatic rings. The highest BCUT2D eigenvalue weighted by Gasteiger charge is 2.09. The lowest BCUT2D eigenvalue weighted by Gasteiger charge is -2.12. The van der Waals surface area contributed by atoms with Crippen molar-refractivity contribution in [1.29, 1.82) is 0 Å². The molecule has 4 nitrogen and oxygen atoms in total. The molecule has 0 unspecified atom stereocenters. The number of hydrogen-bond donors (Lipinski definition) is 1. The van der Waals surface area contributed by atoms with Gasteiger partial charge < -0.3 is 4.74 Å². The number of nitrogens with one attached hydrogen (secondary N) is 1. The number of benzene rings is 4. The van der Waals surface area contributed by atoms with E-state index in [-0.39, 0.29) is 24.8 Å². The standard InChI is InChI=1S/C27H23FN2O2/c1-19-10-12-20(13-11-19)16-27(31)30-29-17-24-23-8-4-2-6-21(23)14-15-26(24)32-18-22-7-3-5-9-25(22)28/h2-15,17H,16,18H2,1H3,(H,30,31)/b29-17-. The van der Waals surface area contributed by atoms with Crippen LogP contribution in [0.5, 0.6) is 5.75 Å². The monoisotopic (exact) mass is 426 g/mol. The summed E-state index contributed by atoms with van der Waals surface area (Å²) in [6.45, 7) is 2.09. The normalized spacial score (nSPS) is 11.1. The van der Waals surface area contributed by atoms with Crippen molar-refractivity contribution >= 4 is 22.9 Å². The summed E-state index contributed by atoms with van der Waals surface area (Å²) in [6, 6.07) is 25.9. The number of hydrazone groups is 1. The molecule has 0 heterocycles. The zero-order valence-corrected chi connectivity index (χ0v) is 17.7. The first-order chi connectivity index (χ1) is 15.6. The Bertz CT molecular complexity index is 1270. The van der Waals surface area contributed by atoms with Crippen LogP contribution in [0.15, 0.2) is 90.0 Å². The maximum atomic E-state index is 14.0. The Balaban J connectivity index is 1.53. The van der Waals surface area contributed by atoms with Gasteiger partial charge in [0.1, 0.15) is 18.2 Å². The van der Waals surface area contributed by atoms with Gasteiger partial charge in [0, 0.05) is 11.1 Å². The van der Waals surface area contributed by atoms with Gasteiger partial charge in [-0.3, -0.25) is 4.79 Å². The summed E-state index contributed by atoms with van der Waals surface area (Å²) in [5.41, 5.74) is 5.83. The topological polar surface area (TPSA) is 50.7 Å². The van der Waals surface area contributed by atoms with Crippen LogP contribution < -0.4 is 10.2 Å². The van der Waals surface area contributed by atoms with E-state index in [1.807, 2.05) is 67.6 Å². The molecule has 0 saturated carbocycles. The summed E-state index contributed by atoms with van der Waals surface area (Å²) in [5.74, 6) is 0.0366. The number of hydrogen-bond acceptors (Lipinski definition) is 3. The van der Waals surface area contributed by atoms with Crippen LogP contribution in [0.3, 0.4) is 0 Å².